The van der Waals surface area contributed by atoms with Crippen molar-refractivity contribution in [3.63, 3.8) is 0 Å². The second-order valence-corrected chi connectivity index (χ2v) is 14.4. The van der Waals surface area contributed by atoms with E-state index >= 15 is 0 Å². The zero-order valence-electron chi connectivity index (χ0n) is 26.4. The molecule has 2 fully saturated rings. The lowest BCUT2D eigenvalue weighted by molar-refractivity contribution is 0.0982. The molecule has 0 radical (unpaired) electrons. The molecule has 46 heavy (non-hydrogen) atoms. The van der Waals surface area contributed by atoms with Gasteiger partial charge >= 0.3 is 0 Å². The molecule has 2 aliphatic heterocycles. The predicted molar refractivity (Wildman–Crippen MR) is 186 cm³/mol. The molecule has 0 bridgehead atoms. The second-order valence-electron chi connectivity index (χ2n) is 11.8. The molecular formula is C31H39BrN10O3S. The van der Waals surface area contributed by atoms with Crippen molar-refractivity contribution < 1.29 is 13.2 Å². The molecule has 0 amide bonds. The van der Waals surface area contributed by atoms with E-state index in [9.17, 15) is 8.42 Å². The Kier molecular flexibility index (Phi) is 9.45. The van der Waals surface area contributed by atoms with Crippen molar-refractivity contribution in [3.8, 4) is 5.75 Å². The van der Waals surface area contributed by atoms with E-state index in [-0.39, 0.29) is 5.69 Å². The Labute approximate surface area is 278 Å². The topological polar surface area (TPSA) is 141 Å². The van der Waals surface area contributed by atoms with E-state index in [2.05, 4.69) is 92.0 Å². The molecule has 15 heteroatoms. The summed E-state index contributed by atoms with van der Waals surface area (Å²) in [7, 11) is 0.249. The molecule has 0 saturated carbocycles. The van der Waals surface area contributed by atoms with Crippen LogP contribution in [0.5, 0.6) is 5.75 Å². The number of anilines is 6. The molecule has 3 N–H and O–H groups in total. The molecule has 2 aromatic carbocycles. The fraction of sp³-hybridized carbons (Fsp3) is 0.419. The van der Waals surface area contributed by atoms with Gasteiger partial charge in [-0.15, -0.1) is 0 Å². The summed E-state index contributed by atoms with van der Waals surface area (Å²) in [6.07, 6.45) is 8.09. The molecule has 0 unspecified atom stereocenters. The van der Waals surface area contributed by atoms with Crippen molar-refractivity contribution in [2.24, 2.45) is 0 Å². The van der Waals surface area contributed by atoms with Crippen LogP contribution in [0.4, 0.5) is 34.5 Å². The molecule has 2 aliphatic rings. The van der Waals surface area contributed by atoms with Crippen LogP contribution in [-0.4, -0.2) is 104 Å². The van der Waals surface area contributed by atoms with Crippen LogP contribution in [0, 0.1) is 6.92 Å². The molecule has 0 spiro atoms. The van der Waals surface area contributed by atoms with Crippen molar-refractivity contribution in [2.45, 2.75) is 25.8 Å². The Morgan fingerprint density at radius 3 is 2.41 bits per heavy atom. The highest BCUT2D eigenvalue weighted by atomic mass is 79.9. The van der Waals surface area contributed by atoms with Crippen LogP contribution in [0.1, 0.15) is 18.4 Å². The number of fused-ring (bicyclic) bond motifs is 1. The maximum Gasteiger partial charge on any atom is 0.229 e. The zero-order chi connectivity index (χ0) is 32.4. The Hall–Kier alpha value is -3.79. The average Bonchev–Trinajstić information content (AvgIpc) is 3.04. The van der Waals surface area contributed by atoms with Crippen molar-refractivity contribution in [2.75, 3.05) is 79.9 Å². The first-order valence-electron chi connectivity index (χ1n) is 15.2. The van der Waals surface area contributed by atoms with Crippen LogP contribution in [-0.2, 0) is 10.0 Å². The lowest BCUT2D eigenvalue weighted by atomic mass is 10.0. The second kappa shape index (κ2) is 13.5. The van der Waals surface area contributed by atoms with Crippen LogP contribution in [0.15, 0.2) is 47.3 Å². The van der Waals surface area contributed by atoms with Gasteiger partial charge in [0.05, 0.1) is 40.4 Å². The normalized spacial score (nSPS) is 16.8. The summed E-state index contributed by atoms with van der Waals surface area (Å²) in [6, 6.07) is 8.29. The third-order valence-corrected chi connectivity index (χ3v) is 9.70. The molecule has 244 valence electrons. The van der Waals surface area contributed by atoms with Crippen LogP contribution in [0.25, 0.3) is 11.0 Å². The van der Waals surface area contributed by atoms with Crippen molar-refractivity contribution in [3.05, 3.63) is 52.9 Å². The van der Waals surface area contributed by atoms with Gasteiger partial charge in [0.2, 0.25) is 16.0 Å². The van der Waals surface area contributed by atoms with Gasteiger partial charge in [-0.25, -0.2) is 13.4 Å². The number of piperidine rings is 1. The van der Waals surface area contributed by atoms with Gasteiger partial charge < -0.3 is 25.2 Å². The lowest BCUT2D eigenvalue weighted by Gasteiger charge is -2.43. The Morgan fingerprint density at radius 2 is 1.70 bits per heavy atom. The third kappa shape index (κ3) is 7.27. The number of ether oxygens (including phenoxy) is 1. The summed E-state index contributed by atoms with van der Waals surface area (Å²) in [4.78, 5) is 25.3. The van der Waals surface area contributed by atoms with Crippen LogP contribution >= 0.6 is 15.9 Å². The van der Waals surface area contributed by atoms with Gasteiger partial charge in [0.15, 0.2) is 0 Å². The monoisotopic (exact) mass is 710 g/mol. The molecule has 0 atom stereocenters. The summed E-state index contributed by atoms with van der Waals surface area (Å²) in [5, 5.41) is 6.54. The number of methoxy groups -OCH3 is 1. The number of halogens is 1. The van der Waals surface area contributed by atoms with E-state index in [4.69, 9.17) is 4.74 Å². The minimum absolute atomic E-state index is 0.272. The van der Waals surface area contributed by atoms with E-state index in [1.54, 1.807) is 31.6 Å². The number of likely N-dealkylation sites (N-methyl/N-ethyl adjacent to an activating group) is 1. The largest absolute Gasteiger partial charge is 0.494 e. The average molecular weight is 712 g/mol. The van der Waals surface area contributed by atoms with Gasteiger partial charge in [-0.2, -0.15) is 4.98 Å². The van der Waals surface area contributed by atoms with Crippen molar-refractivity contribution in [1.82, 2.24) is 29.7 Å². The minimum Gasteiger partial charge on any atom is -0.494 e. The zero-order valence-corrected chi connectivity index (χ0v) is 28.8. The van der Waals surface area contributed by atoms with E-state index in [0.717, 1.165) is 69.6 Å². The molecular weight excluding hydrogens is 672 g/mol. The molecule has 6 rings (SSSR count). The van der Waals surface area contributed by atoms with Gasteiger partial charge in [0, 0.05) is 75.7 Å². The fourth-order valence-corrected chi connectivity index (χ4v) is 7.00. The first kappa shape index (κ1) is 32.2. The van der Waals surface area contributed by atoms with Crippen molar-refractivity contribution in [1.29, 1.82) is 0 Å². The molecule has 2 aromatic heterocycles. The van der Waals surface area contributed by atoms with Gasteiger partial charge in [-0.1, -0.05) is 0 Å². The highest BCUT2D eigenvalue weighted by molar-refractivity contribution is 9.10. The molecule has 4 heterocycles. The number of benzene rings is 2. The van der Waals surface area contributed by atoms with Crippen LogP contribution < -0.4 is 25.0 Å². The summed E-state index contributed by atoms with van der Waals surface area (Å²) < 4.78 is 33.4. The fourth-order valence-electron chi connectivity index (χ4n) is 6.14. The maximum absolute atomic E-state index is 12.2. The number of piperazine rings is 1. The number of sulfonamides is 1. The van der Waals surface area contributed by atoms with E-state index in [0.29, 0.717) is 44.8 Å². The van der Waals surface area contributed by atoms with Crippen LogP contribution in [0.2, 0.25) is 0 Å². The van der Waals surface area contributed by atoms with Crippen LogP contribution in [0.3, 0.4) is 0 Å². The molecule has 4 aromatic rings. The lowest BCUT2D eigenvalue weighted by Crippen LogP contribution is -2.52. The smallest absolute Gasteiger partial charge is 0.229 e. The Bertz CT molecular complexity index is 1830. The Balaban J connectivity index is 1.20. The maximum atomic E-state index is 12.2. The van der Waals surface area contributed by atoms with Crippen molar-refractivity contribution >= 4 is 71.5 Å². The van der Waals surface area contributed by atoms with Gasteiger partial charge in [0.1, 0.15) is 17.1 Å². The summed E-state index contributed by atoms with van der Waals surface area (Å²) >= 11 is 3.52. The number of nitrogens with zero attached hydrogens (tertiary/aromatic N) is 7. The number of rotatable bonds is 9. The number of hydrogen-bond donors (Lipinski definition) is 3. The summed E-state index contributed by atoms with van der Waals surface area (Å²) in [6.45, 7) is 8.72. The van der Waals surface area contributed by atoms with Gasteiger partial charge in [-0.05, 0) is 66.5 Å². The Morgan fingerprint density at radius 1 is 0.957 bits per heavy atom. The van der Waals surface area contributed by atoms with E-state index in [1.165, 1.54) is 11.9 Å². The first-order chi connectivity index (χ1) is 22.1. The number of aromatic nitrogens is 4. The number of hydrogen-bond acceptors (Lipinski definition) is 12. The number of aryl methyl sites for hydroxylation is 1. The summed E-state index contributed by atoms with van der Waals surface area (Å²) in [5.74, 6) is 1.45. The van der Waals surface area contributed by atoms with Gasteiger partial charge in [-0.3, -0.25) is 19.6 Å². The standard InChI is InChI=1S/C31H39BrN10O3S/c1-20-17-25(27(45-3)18-26(20)42-11-7-21(8-12-42)41-15-13-40(2)14-16-41)37-31-35-19-22(32)30(38-31)36-24-6-5-23-28(34-10-9-33-23)29(24)39-46(4,43)44/h5-6,9-10,17-19,21,39H,7-8,11-16H2,1-4H3,(H2,35,36,37,38). The third-order valence-electron chi connectivity index (χ3n) is 8.55. The van der Waals surface area contributed by atoms with Gasteiger partial charge in [0.25, 0.3) is 0 Å². The first-order valence-corrected chi connectivity index (χ1v) is 17.9. The minimum atomic E-state index is -3.61. The summed E-state index contributed by atoms with van der Waals surface area (Å²) in [5.41, 5.74) is 4.73. The van der Waals surface area contributed by atoms with E-state index < -0.39 is 10.0 Å². The molecule has 0 aliphatic carbocycles. The predicted octanol–water partition coefficient (Wildman–Crippen LogP) is 4.57. The molecule has 2 saturated heterocycles. The SMILES string of the molecule is COc1cc(N2CCC(N3CCN(C)CC3)CC2)c(C)cc1Nc1ncc(Br)c(Nc2ccc3nccnc3c2NS(C)(=O)=O)n1. The number of nitrogens with one attached hydrogen (secondary N) is 3. The molecule has 13 nitrogen and oxygen atoms in total. The highest BCUT2D eigenvalue weighted by Gasteiger charge is 2.28. The quantitative estimate of drug-likeness (QED) is 0.224. The highest BCUT2D eigenvalue weighted by Crippen LogP contribution is 2.37. The van der Waals surface area contributed by atoms with E-state index in [1.807, 2.05) is 0 Å².